The minimum atomic E-state index is -0.295. The standard InChI is InChI=1S/2C20H32O3.2CH4/c1-19-11-9-16(21)18(23-3)15(19)5-4-12-13-6-7-17(22)20(13,2)10-8-14(12)19;1-19-9-8-15-13(14(19)6-7-18(19)22)5-4-12-10-16(21)17(23-3)11-20(12,15)2;;/h12-16,18,21H,4-11H2,1-3H3;12-17,21H,4-11H2,1-3H3;2*1H4/t12-,13-,14-,15-,16+,18+,19+,20-;12-,13-,14-,15-,16-,17-,19-,20-;;/m00../s1. The lowest BCUT2D eigenvalue weighted by Gasteiger charge is -2.61. The van der Waals surface area contributed by atoms with Gasteiger partial charge < -0.3 is 19.7 Å². The monoisotopic (exact) mass is 673 g/mol. The number of aliphatic hydroxyl groups is 2. The first-order chi connectivity index (χ1) is 21.8. The van der Waals surface area contributed by atoms with Gasteiger partial charge in [0, 0.05) is 37.9 Å². The van der Waals surface area contributed by atoms with E-state index in [1.807, 2.05) is 0 Å². The van der Waals surface area contributed by atoms with E-state index in [0.29, 0.717) is 47.1 Å². The third kappa shape index (κ3) is 5.54. The Morgan fingerprint density at radius 3 is 1.67 bits per heavy atom. The van der Waals surface area contributed by atoms with Gasteiger partial charge in [-0.2, -0.15) is 0 Å². The zero-order chi connectivity index (χ0) is 32.8. The Morgan fingerprint density at radius 1 is 0.583 bits per heavy atom. The van der Waals surface area contributed by atoms with Gasteiger partial charge in [-0.1, -0.05) is 42.5 Å². The summed E-state index contributed by atoms with van der Waals surface area (Å²) in [4.78, 5) is 24.9. The molecule has 0 heterocycles. The summed E-state index contributed by atoms with van der Waals surface area (Å²) in [7, 11) is 3.50. The third-order valence-corrected chi connectivity index (χ3v) is 17.4. The molecule has 0 bridgehead atoms. The Labute approximate surface area is 293 Å². The molecule has 8 rings (SSSR count). The van der Waals surface area contributed by atoms with E-state index < -0.39 is 0 Å². The molecule has 8 aliphatic carbocycles. The van der Waals surface area contributed by atoms with E-state index in [1.165, 1.54) is 32.1 Å². The summed E-state index contributed by atoms with van der Waals surface area (Å²) >= 11 is 0. The van der Waals surface area contributed by atoms with E-state index in [2.05, 4.69) is 27.7 Å². The van der Waals surface area contributed by atoms with Crippen LogP contribution in [0.15, 0.2) is 0 Å². The molecule has 2 N–H and O–H groups in total. The number of ketones is 2. The molecule has 16 atom stereocenters. The molecular formula is C42H72O6. The molecule has 276 valence electrons. The SMILES string of the molecule is C.C.CO[C@H]1C[C@@]2(C)[C@@H](CC[C@@H]3[C@@H]2CC[C@]2(C)C(=O)CC[C@@H]32)C[C@@H]1O.CO[C@H]1[C@H](O)CC[C@]2(C)[C@H]3CC[C@]4(C)C(=O)CC[C@H]4[C@@H]3CC[C@@H]12. The van der Waals surface area contributed by atoms with E-state index in [-0.39, 0.29) is 60.9 Å². The molecule has 0 saturated heterocycles. The number of methoxy groups -OCH3 is 2. The molecule has 0 unspecified atom stereocenters. The summed E-state index contributed by atoms with van der Waals surface area (Å²) in [5, 5.41) is 20.7. The summed E-state index contributed by atoms with van der Waals surface area (Å²) < 4.78 is 11.4. The van der Waals surface area contributed by atoms with Crippen LogP contribution in [-0.4, -0.2) is 60.4 Å². The first kappa shape index (κ1) is 38.4. The number of fused-ring (bicyclic) bond motifs is 10. The highest BCUT2D eigenvalue weighted by Gasteiger charge is 2.63. The van der Waals surface area contributed by atoms with Crippen molar-refractivity contribution in [2.24, 2.45) is 69.0 Å². The normalized spacial score (nSPS) is 53.6. The topological polar surface area (TPSA) is 93.1 Å². The summed E-state index contributed by atoms with van der Waals surface area (Å²) in [6.07, 6.45) is 16.6. The summed E-state index contributed by atoms with van der Waals surface area (Å²) in [6, 6.07) is 0. The van der Waals surface area contributed by atoms with Gasteiger partial charge in [0.15, 0.2) is 0 Å². The van der Waals surface area contributed by atoms with Crippen molar-refractivity contribution in [3.63, 3.8) is 0 Å². The van der Waals surface area contributed by atoms with Gasteiger partial charge in [-0.3, -0.25) is 9.59 Å². The van der Waals surface area contributed by atoms with Gasteiger partial charge in [0.2, 0.25) is 0 Å². The van der Waals surface area contributed by atoms with E-state index in [0.717, 1.165) is 82.5 Å². The van der Waals surface area contributed by atoms with Crippen molar-refractivity contribution in [1.29, 1.82) is 0 Å². The maximum atomic E-state index is 12.5. The number of ether oxygens (including phenoxy) is 2. The lowest BCUT2D eigenvalue weighted by Crippen LogP contribution is -2.58. The Hall–Kier alpha value is -0.820. The van der Waals surface area contributed by atoms with Crippen molar-refractivity contribution in [1.82, 2.24) is 0 Å². The van der Waals surface area contributed by atoms with Crippen LogP contribution < -0.4 is 0 Å². The number of hydrogen-bond donors (Lipinski definition) is 2. The number of carbonyl (C=O) groups excluding carboxylic acids is 2. The number of aliphatic hydroxyl groups excluding tert-OH is 2. The van der Waals surface area contributed by atoms with Crippen LogP contribution in [0.25, 0.3) is 0 Å². The number of carbonyl (C=O) groups is 2. The van der Waals surface area contributed by atoms with Crippen LogP contribution in [0.2, 0.25) is 0 Å². The Kier molecular flexibility index (Phi) is 10.9. The summed E-state index contributed by atoms with van der Waals surface area (Å²) in [6.45, 7) is 9.43. The highest BCUT2D eigenvalue weighted by molar-refractivity contribution is 5.87. The van der Waals surface area contributed by atoms with Crippen molar-refractivity contribution >= 4 is 11.6 Å². The first-order valence-corrected chi connectivity index (χ1v) is 19.3. The smallest absolute Gasteiger partial charge is 0.139 e. The minimum Gasteiger partial charge on any atom is -0.390 e. The fraction of sp³-hybridized carbons (Fsp3) is 0.952. The predicted molar refractivity (Wildman–Crippen MR) is 191 cm³/mol. The molecule has 0 amide bonds. The van der Waals surface area contributed by atoms with Crippen LogP contribution in [0.4, 0.5) is 0 Å². The second-order valence-electron chi connectivity index (χ2n) is 18.6. The fourth-order valence-corrected chi connectivity index (χ4v) is 14.6. The third-order valence-electron chi connectivity index (χ3n) is 17.4. The van der Waals surface area contributed by atoms with Gasteiger partial charge in [-0.05, 0) is 148 Å². The number of Topliss-reactive ketones (excluding diaryl/α,β-unsaturated/α-hetero) is 2. The van der Waals surface area contributed by atoms with Crippen molar-refractivity contribution in [3.05, 3.63) is 0 Å². The first-order valence-electron chi connectivity index (χ1n) is 19.3. The lowest BCUT2D eigenvalue weighted by atomic mass is 9.44. The van der Waals surface area contributed by atoms with Crippen LogP contribution in [0.5, 0.6) is 0 Å². The van der Waals surface area contributed by atoms with Crippen molar-refractivity contribution < 1.29 is 29.3 Å². The second-order valence-corrected chi connectivity index (χ2v) is 18.6. The molecule has 6 heteroatoms. The van der Waals surface area contributed by atoms with Gasteiger partial charge in [-0.25, -0.2) is 0 Å². The van der Waals surface area contributed by atoms with Crippen molar-refractivity contribution in [2.75, 3.05) is 14.2 Å². The number of hydrogen-bond acceptors (Lipinski definition) is 6. The van der Waals surface area contributed by atoms with Crippen molar-refractivity contribution in [2.45, 2.75) is 170 Å². The molecule has 0 aromatic rings. The van der Waals surface area contributed by atoms with Gasteiger partial charge in [0.05, 0.1) is 24.4 Å². The largest absolute Gasteiger partial charge is 0.390 e. The molecule has 8 saturated carbocycles. The maximum absolute atomic E-state index is 12.5. The summed E-state index contributed by atoms with van der Waals surface area (Å²) in [5.74, 6) is 6.27. The van der Waals surface area contributed by atoms with Gasteiger partial charge in [0.25, 0.3) is 0 Å². The van der Waals surface area contributed by atoms with Crippen LogP contribution in [-0.2, 0) is 19.1 Å². The molecule has 0 aliphatic heterocycles. The van der Waals surface area contributed by atoms with Crippen LogP contribution in [0.3, 0.4) is 0 Å². The Balaban J connectivity index is 0.000000180. The molecular weight excluding hydrogens is 600 g/mol. The number of rotatable bonds is 2. The predicted octanol–water partition coefficient (Wildman–Crippen LogP) is 8.44. The average molecular weight is 673 g/mol. The Bertz CT molecular complexity index is 1140. The van der Waals surface area contributed by atoms with E-state index in [1.54, 1.807) is 14.2 Å². The van der Waals surface area contributed by atoms with E-state index in [9.17, 15) is 19.8 Å². The van der Waals surface area contributed by atoms with Crippen LogP contribution in [0, 0.1) is 69.0 Å². The lowest BCUT2D eigenvalue weighted by molar-refractivity contribution is -0.180. The maximum Gasteiger partial charge on any atom is 0.139 e. The highest BCUT2D eigenvalue weighted by Crippen LogP contribution is 2.67. The van der Waals surface area contributed by atoms with Gasteiger partial charge in [0.1, 0.15) is 11.6 Å². The van der Waals surface area contributed by atoms with Gasteiger partial charge in [-0.15, -0.1) is 0 Å². The minimum absolute atomic E-state index is 0. The molecule has 8 fully saturated rings. The van der Waals surface area contributed by atoms with Crippen LogP contribution >= 0.6 is 0 Å². The molecule has 0 radical (unpaired) electrons. The molecule has 8 aliphatic rings. The second kappa shape index (κ2) is 13.6. The van der Waals surface area contributed by atoms with E-state index in [4.69, 9.17) is 9.47 Å². The van der Waals surface area contributed by atoms with Crippen LogP contribution in [0.1, 0.15) is 145 Å². The Morgan fingerprint density at radius 2 is 1.12 bits per heavy atom. The molecule has 0 aromatic heterocycles. The molecule has 6 nitrogen and oxygen atoms in total. The quantitative estimate of drug-likeness (QED) is 0.306. The molecule has 0 spiro atoms. The molecule has 48 heavy (non-hydrogen) atoms. The average Bonchev–Trinajstić information content (AvgIpc) is 3.51. The highest BCUT2D eigenvalue weighted by atomic mass is 16.5. The van der Waals surface area contributed by atoms with Gasteiger partial charge >= 0.3 is 0 Å². The zero-order valence-electron chi connectivity index (χ0n) is 29.8. The molecule has 0 aromatic carbocycles. The summed E-state index contributed by atoms with van der Waals surface area (Å²) in [5.41, 5.74) is 0.518. The van der Waals surface area contributed by atoms with E-state index >= 15 is 0 Å². The fourth-order valence-electron chi connectivity index (χ4n) is 14.6. The zero-order valence-corrected chi connectivity index (χ0v) is 29.8. The van der Waals surface area contributed by atoms with Crippen molar-refractivity contribution in [3.8, 4) is 0 Å².